The molecule has 0 saturated heterocycles. The molecule has 2 aromatic rings. The summed E-state index contributed by atoms with van der Waals surface area (Å²) < 4.78 is 28.0. The summed E-state index contributed by atoms with van der Waals surface area (Å²) >= 11 is 0. The van der Waals surface area contributed by atoms with Crippen molar-refractivity contribution >= 4 is 15.8 Å². The molecule has 90 valence electrons. The molecule has 5 nitrogen and oxygen atoms in total. The van der Waals surface area contributed by atoms with Gasteiger partial charge in [0.2, 0.25) is 0 Å². The minimum Gasteiger partial charge on any atom is -0.271 e. The molecule has 0 saturated carbocycles. The minimum atomic E-state index is -3.53. The zero-order valence-corrected chi connectivity index (χ0v) is 10.2. The Bertz CT molecular complexity index is 590. The molecule has 1 heterocycles. The fourth-order valence-electron chi connectivity index (χ4n) is 1.39. The van der Waals surface area contributed by atoms with Gasteiger partial charge in [0.15, 0.2) is 5.82 Å². The zero-order chi connectivity index (χ0) is 12.3. The molecule has 2 rings (SSSR count). The van der Waals surface area contributed by atoms with E-state index in [1.54, 1.807) is 47.3 Å². The maximum atomic E-state index is 11.9. The lowest BCUT2D eigenvalue weighted by Gasteiger charge is -2.04. The van der Waals surface area contributed by atoms with Crippen molar-refractivity contribution in [3.63, 3.8) is 0 Å². The monoisotopic (exact) mass is 251 g/mol. The van der Waals surface area contributed by atoms with Crippen molar-refractivity contribution < 1.29 is 8.42 Å². The van der Waals surface area contributed by atoms with Crippen molar-refractivity contribution in [2.24, 2.45) is 0 Å². The molecule has 0 unspecified atom stereocenters. The number of nitrogens with one attached hydrogen (secondary N) is 1. The first kappa shape index (κ1) is 11.7. The van der Waals surface area contributed by atoms with Crippen molar-refractivity contribution in [2.45, 2.75) is 18.4 Å². The van der Waals surface area contributed by atoms with Gasteiger partial charge in [0.05, 0.1) is 4.90 Å². The van der Waals surface area contributed by atoms with Gasteiger partial charge in [-0.25, -0.2) is 8.42 Å². The van der Waals surface area contributed by atoms with Crippen LogP contribution in [0.3, 0.4) is 0 Å². The van der Waals surface area contributed by atoms with Crippen molar-refractivity contribution in [3.8, 4) is 0 Å². The van der Waals surface area contributed by atoms with Gasteiger partial charge in [-0.05, 0) is 19.1 Å². The number of aromatic nitrogens is 2. The van der Waals surface area contributed by atoms with Crippen LogP contribution in [-0.2, 0) is 16.6 Å². The van der Waals surface area contributed by atoms with Gasteiger partial charge in [-0.1, -0.05) is 18.2 Å². The summed E-state index contributed by atoms with van der Waals surface area (Å²) in [5.74, 6) is 0.329. The topological polar surface area (TPSA) is 64.0 Å². The van der Waals surface area contributed by atoms with Crippen molar-refractivity contribution in [1.29, 1.82) is 0 Å². The Labute approximate surface area is 100 Å². The van der Waals surface area contributed by atoms with Gasteiger partial charge in [0.1, 0.15) is 0 Å². The third kappa shape index (κ3) is 2.65. The molecule has 6 heteroatoms. The highest BCUT2D eigenvalue weighted by Gasteiger charge is 2.14. The quantitative estimate of drug-likeness (QED) is 0.899. The fraction of sp³-hybridized carbons (Fsp3) is 0.182. The van der Waals surface area contributed by atoms with Crippen LogP contribution in [0.1, 0.15) is 6.92 Å². The number of aryl methyl sites for hydroxylation is 1. The summed E-state index contributed by atoms with van der Waals surface area (Å²) in [5, 5.41) is 4.07. The van der Waals surface area contributed by atoms with Gasteiger partial charge >= 0.3 is 0 Å². The van der Waals surface area contributed by atoms with Crippen molar-refractivity contribution in [3.05, 3.63) is 42.6 Å². The van der Waals surface area contributed by atoms with Gasteiger partial charge < -0.3 is 0 Å². The van der Waals surface area contributed by atoms with Crippen molar-refractivity contribution in [1.82, 2.24) is 9.78 Å². The lowest BCUT2D eigenvalue weighted by molar-refractivity contribution is 0.600. The Morgan fingerprint density at radius 1 is 1.24 bits per heavy atom. The molecular formula is C11H13N3O2S. The molecule has 0 radical (unpaired) electrons. The van der Waals surface area contributed by atoms with Crippen LogP contribution >= 0.6 is 0 Å². The summed E-state index contributed by atoms with van der Waals surface area (Å²) in [5.41, 5.74) is 0. The predicted octanol–water partition coefficient (Wildman–Crippen LogP) is 1.70. The molecule has 0 spiro atoms. The Balaban J connectivity index is 2.24. The average Bonchev–Trinajstić information content (AvgIpc) is 2.77. The molecule has 1 N–H and O–H groups in total. The van der Waals surface area contributed by atoms with E-state index in [2.05, 4.69) is 9.82 Å². The standard InChI is InChI=1S/C11H13N3O2S/c1-2-14-9-8-11(12-14)13-17(15,16)10-6-4-3-5-7-10/h3-9H,2H2,1H3,(H,12,13). The molecule has 1 aromatic heterocycles. The van der Waals surface area contributed by atoms with E-state index in [0.717, 1.165) is 0 Å². The number of benzene rings is 1. The van der Waals surface area contributed by atoms with E-state index in [9.17, 15) is 8.42 Å². The maximum absolute atomic E-state index is 11.9. The third-order valence-electron chi connectivity index (χ3n) is 2.26. The lowest BCUT2D eigenvalue weighted by Crippen LogP contribution is -2.13. The highest BCUT2D eigenvalue weighted by molar-refractivity contribution is 7.92. The highest BCUT2D eigenvalue weighted by Crippen LogP contribution is 2.13. The number of nitrogens with zero attached hydrogens (tertiary/aromatic N) is 2. The third-order valence-corrected chi connectivity index (χ3v) is 3.63. The number of anilines is 1. The number of rotatable bonds is 4. The summed E-state index contributed by atoms with van der Waals surface area (Å²) in [4.78, 5) is 0.228. The molecule has 0 fully saturated rings. The Morgan fingerprint density at radius 3 is 2.53 bits per heavy atom. The smallest absolute Gasteiger partial charge is 0.263 e. The van der Waals surface area contributed by atoms with Crippen LogP contribution < -0.4 is 4.72 Å². The first-order chi connectivity index (χ1) is 8.12. The molecule has 0 bridgehead atoms. The fourth-order valence-corrected chi connectivity index (χ4v) is 2.41. The van der Waals surface area contributed by atoms with E-state index in [1.165, 1.54) is 0 Å². The van der Waals surface area contributed by atoms with Crippen LogP contribution in [0.25, 0.3) is 0 Å². The summed E-state index contributed by atoms with van der Waals surface area (Å²) in [6.45, 7) is 2.63. The van der Waals surface area contributed by atoms with E-state index < -0.39 is 10.0 Å². The van der Waals surface area contributed by atoms with E-state index in [-0.39, 0.29) is 4.90 Å². The lowest BCUT2D eigenvalue weighted by atomic mass is 10.4. The molecular weight excluding hydrogens is 238 g/mol. The van der Waals surface area contributed by atoms with Gasteiger partial charge in [-0.15, -0.1) is 0 Å². The second-order valence-electron chi connectivity index (χ2n) is 3.48. The molecule has 0 aliphatic rings. The normalized spacial score (nSPS) is 11.4. The van der Waals surface area contributed by atoms with E-state index in [4.69, 9.17) is 0 Å². The molecule has 0 aliphatic heterocycles. The largest absolute Gasteiger partial charge is 0.271 e. The Morgan fingerprint density at radius 2 is 1.94 bits per heavy atom. The van der Waals surface area contributed by atoms with Crippen LogP contribution in [0.15, 0.2) is 47.5 Å². The molecule has 17 heavy (non-hydrogen) atoms. The minimum absolute atomic E-state index is 0.228. The average molecular weight is 251 g/mol. The Kier molecular flexibility index (Phi) is 3.14. The van der Waals surface area contributed by atoms with Crippen molar-refractivity contribution in [2.75, 3.05) is 4.72 Å². The Hall–Kier alpha value is -1.82. The second kappa shape index (κ2) is 4.58. The van der Waals surface area contributed by atoms with Gasteiger partial charge in [0.25, 0.3) is 10.0 Å². The summed E-state index contributed by atoms with van der Waals surface area (Å²) in [6, 6.07) is 9.84. The number of hydrogen-bond donors (Lipinski definition) is 1. The van der Waals surface area contributed by atoms with Crippen LogP contribution in [-0.4, -0.2) is 18.2 Å². The van der Waals surface area contributed by atoms with Crippen LogP contribution in [0.5, 0.6) is 0 Å². The summed E-state index contributed by atoms with van der Waals surface area (Å²) in [7, 11) is -3.53. The SMILES string of the molecule is CCn1ccc(NS(=O)(=O)c2ccccc2)n1. The second-order valence-corrected chi connectivity index (χ2v) is 5.16. The number of hydrogen-bond acceptors (Lipinski definition) is 3. The molecule has 1 aromatic carbocycles. The predicted molar refractivity (Wildman–Crippen MR) is 65.2 cm³/mol. The van der Waals surface area contributed by atoms with E-state index in [1.807, 2.05) is 6.92 Å². The highest BCUT2D eigenvalue weighted by atomic mass is 32.2. The van der Waals surface area contributed by atoms with Crippen LogP contribution in [0, 0.1) is 0 Å². The van der Waals surface area contributed by atoms with Crippen LogP contribution in [0.2, 0.25) is 0 Å². The molecule has 0 amide bonds. The maximum Gasteiger partial charge on any atom is 0.263 e. The molecule has 0 aliphatic carbocycles. The van der Waals surface area contributed by atoms with Crippen LogP contribution in [0.4, 0.5) is 5.82 Å². The van der Waals surface area contributed by atoms with Gasteiger partial charge in [-0.2, -0.15) is 5.10 Å². The number of sulfonamides is 1. The van der Waals surface area contributed by atoms with E-state index in [0.29, 0.717) is 12.4 Å². The first-order valence-corrected chi connectivity index (χ1v) is 6.71. The molecule has 0 atom stereocenters. The van der Waals surface area contributed by atoms with E-state index >= 15 is 0 Å². The summed E-state index contributed by atoms with van der Waals surface area (Å²) in [6.07, 6.45) is 1.73. The zero-order valence-electron chi connectivity index (χ0n) is 9.37. The van der Waals surface area contributed by atoms with Gasteiger partial charge in [0, 0.05) is 18.8 Å². The first-order valence-electron chi connectivity index (χ1n) is 5.23. The van der Waals surface area contributed by atoms with Gasteiger partial charge in [-0.3, -0.25) is 9.40 Å².